The molecule has 1 atom stereocenters. The van der Waals surface area contributed by atoms with Crippen LogP contribution >= 0.6 is 15.2 Å². The van der Waals surface area contributed by atoms with E-state index in [4.69, 9.17) is 18.9 Å². The van der Waals surface area contributed by atoms with Crippen LogP contribution in [0.5, 0.6) is 11.5 Å². The van der Waals surface area contributed by atoms with Gasteiger partial charge >= 0.3 is 15.2 Å². The number of ketones is 1. The molecule has 0 amide bonds. The zero-order valence-electron chi connectivity index (χ0n) is 28.0. The molecule has 0 bridgehead atoms. The molecular weight excluding hydrogens is 662 g/mol. The van der Waals surface area contributed by atoms with Crippen LogP contribution in [0, 0.1) is 0 Å². The van der Waals surface area contributed by atoms with E-state index in [0.29, 0.717) is 82.0 Å². The van der Waals surface area contributed by atoms with E-state index in [1.54, 1.807) is 47.2 Å². The highest BCUT2D eigenvalue weighted by atomic mass is 31.2. The summed E-state index contributed by atoms with van der Waals surface area (Å²) in [5, 5.41) is 0. The van der Waals surface area contributed by atoms with Crippen molar-refractivity contribution < 1.29 is 52.4 Å². The summed E-state index contributed by atoms with van der Waals surface area (Å²) in [6, 6.07) is 13.8. The molecule has 0 radical (unpaired) electrons. The molecule has 0 spiro atoms. The lowest BCUT2D eigenvalue weighted by Crippen LogP contribution is -2.44. The van der Waals surface area contributed by atoms with Gasteiger partial charge in [-0.15, -0.1) is 0 Å². The third-order valence-corrected chi connectivity index (χ3v) is 8.91. The molecule has 2 aromatic rings. The van der Waals surface area contributed by atoms with Gasteiger partial charge in [0.2, 0.25) is 0 Å². The summed E-state index contributed by atoms with van der Waals surface area (Å²) in [6.07, 6.45) is 3.20. The molecule has 4 N–H and O–H groups in total. The van der Waals surface area contributed by atoms with E-state index in [2.05, 4.69) is 6.58 Å². The van der Waals surface area contributed by atoms with Gasteiger partial charge in [-0.3, -0.25) is 23.7 Å². The normalized spacial score (nSPS) is 12.8. The maximum absolute atomic E-state index is 12.5. The van der Waals surface area contributed by atoms with E-state index >= 15 is 0 Å². The minimum absolute atomic E-state index is 0.0895. The number of ether oxygens (including phenoxy) is 4. The van der Waals surface area contributed by atoms with Crippen LogP contribution in [0.2, 0.25) is 0 Å². The molecule has 0 heterocycles. The Hall–Kier alpha value is -2.41. The summed E-state index contributed by atoms with van der Waals surface area (Å²) in [5.41, 5.74) is 1.39. The molecule has 15 heteroatoms. The highest BCUT2D eigenvalue weighted by Gasteiger charge is 2.30. The van der Waals surface area contributed by atoms with Crippen LogP contribution in [0.25, 0.3) is 0 Å². The smallest absolute Gasteiger partial charge is 0.339 e. The highest BCUT2D eigenvalue weighted by molar-refractivity contribution is 7.51. The zero-order chi connectivity index (χ0) is 35.4. The fraction of sp³-hybridized carbons (Fsp3) is 0.545. The molecule has 48 heavy (non-hydrogen) atoms. The van der Waals surface area contributed by atoms with Gasteiger partial charge in [-0.2, -0.15) is 0 Å². The van der Waals surface area contributed by atoms with Crippen molar-refractivity contribution in [1.29, 1.82) is 0 Å². The van der Waals surface area contributed by atoms with Gasteiger partial charge in [0.1, 0.15) is 29.9 Å². The first-order valence-corrected chi connectivity index (χ1v) is 19.6. The molecule has 2 rings (SSSR count). The number of benzene rings is 2. The van der Waals surface area contributed by atoms with Crippen LogP contribution in [-0.4, -0.2) is 93.9 Å². The molecule has 2 aromatic carbocycles. The van der Waals surface area contributed by atoms with Gasteiger partial charge in [0, 0.05) is 56.8 Å². The molecule has 0 fully saturated rings. The Morgan fingerprint density at radius 3 is 2.12 bits per heavy atom. The molecule has 0 aliphatic rings. The van der Waals surface area contributed by atoms with E-state index in [0.717, 1.165) is 5.56 Å². The molecule has 13 nitrogen and oxygen atoms in total. The summed E-state index contributed by atoms with van der Waals surface area (Å²) in [5.74, 6) is 1.15. The van der Waals surface area contributed by atoms with E-state index in [1.165, 1.54) is 6.26 Å². The van der Waals surface area contributed by atoms with E-state index in [1.807, 2.05) is 25.1 Å². The second kappa shape index (κ2) is 22.3. The number of hydrogen-bond acceptors (Lipinski definition) is 9. The average Bonchev–Trinajstić information content (AvgIpc) is 3.00. The van der Waals surface area contributed by atoms with Crippen molar-refractivity contribution in [3.8, 4) is 11.5 Å². The van der Waals surface area contributed by atoms with Crippen molar-refractivity contribution in [2.24, 2.45) is 0 Å². The summed E-state index contributed by atoms with van der Waals surface area (Å²) >= 11 is 0. The van der Waals surface area contributed by atoms with Crippen molar-refractivity contribution in [3.63, 3.8) is 0 Å². The largest absolute Gasteiger partial charge is 0.494 e. The number of rotatable bonds is 27. The van der Waals surface area contributed by atoms with Crippen molar-refractivity contribution in [1.82, 2.24) is 9.80 Å². The summed E-state index contributed by atoms with van der Waals surface area (Å²) in [6.45, 7) is 7.42. The van der Waals surface area contributed by atoms with Crippen LogP contribution in [-0.2, 0) is 36.5 Å². The number of carbonyl (C=O) groups excluding carboxylic acids is 1. The molecule has 270 valence electrons. The standard InChI is InChI=1S/C33H52N2O11P2/c1-4-45-32-17-11-9-13-28(32)23-34(26-47(37,38)39)25-30(15-7-6-8-16-31(36)19-20-44-22-21-43-3)35(27-48(40,41)42)24-29-14-10-12-18-33(29)46-5-2/h5,9-14,17-18,30H,2,4,6-8,15-16,19-27H2,1,3H3,(H2,37,38,39)(H2,40,41,42). The molecule has 1 unspecified atom stereocenters. The minimum Gasteiger partial charge on any atom is -0.494 e. The van der Waals surface area contributed by atoms with E-state index in [-0.39, 0.29) is 25.4 Å². The number of hydrogen-bond donors (Lipinski definition) is 4. The Morgan fingerprint density at radius 2 is 1.50 bits per heavy atom. The van der Waals surface area contributed by atoms with Crippen molar-refractivity contribution in [3.05, 3.63) is 72.5 Å². The fourth-order valence-electron chi connectivity index (χ4n) is 5.32. The Labute approximate surface area is 284 Å². The lowest BCUT2D eigenvalue weighted by atomic mass is 10.0. The van der Waals surface area contributed by atoms with Crippen LogP contribution < -0.4 is 9.47 Å². The first-order chi connectivity index (χ1) is 22.8. The molecule has 0 saturated carbocycles. The number of Topliss-reactive ketones (excluding diaryl/α,β-unsaturated/α-hetero) is 1. The van der Waals surface area contributed by atoms with Gasteiger partial charge in [0.15, 0.2) is 0 Å². The lowest BCUT2D eigenvalue weighted by molar-refractivity contribution is -0.120. The SMILES string of the molecule is C=COc1ccccc1CN(CP(=O)(O)O)C(CCCCCC(=O)CCOCCOC)CN(Cc1ccccc1OCC)CP(=O)(O)O. The summed E-state index contributed by atoms with van der Waals surface area (Å²) in [7, 11) is -7.53. The number of nitrogens with zero attached hydrogens (tertiary/aromatic N) is 2. The van der Waals surface area contributed by atoms with E-state index < -0.39 is 33.8 Å². The van der Waals surface area contributed by atoms with Gasteiger partial charge in [-0.25, -0.2) is 0 Å². The topological polar surface area (TPSA) is 176 Å². The second-order valence-corrected chi connectivity index (χ2v) is 14.7. The Balaban J connectivity index is 2.32. The predicted octanol–water partition coefficient (Wildman–Crippen LogP) is 5.12. The molecular formula is C33H52N2O11P2. The first-order valence-electron chi connectivity index (χ1n) is 16.0. The maximum atomic E-state index is 12.5. The summed E-state index contributed by atoms with van der Waals surface area (Å²) in [4.78, 5) is 55.9. The first kappa shape index (κ1) is 41.8. The number of methoxy groups -OCH3 is 1. The second-order valence-electron chi connectivity index (χ2n) is 11.5. The Bertz CT molecular complexity index is 1330. The Kier molecular flexibility index (Phi) is 19.4. The predicted molar refractivity (Wildman–Crippen MR) is 184 cm³/mol. The number of unbranched alkanes of at least 4 members (excludes halogenated alkanes) is 2. The fourth-order valence-corrected chi connectivity index (χ4v) is 6.86. The molecule has 0 aliphatic carbocycles. The van der Waals surface area contributed by atoms with Crippen LogP contribution in [0.3, 0.4) is 0 Å². The van der Waals surface area contributed by atoms with Gasteiger partial charge in [0.05, 0.1) is 32.7 Å². The van der Waals surface area contributed by atoms with Gasteiger partial charge in [-0.05, 0) is 31.9 Å². The van der Waals surface area contributed by atoms with Crippen molar-refractivity contribution in [2.45, 2.75) is 64.6 Å². The van der Waals surface area contributed by atoms with Crippen LogP contribution in [0.15, 0.2) is 61.4 Å². The molecule has 0 saturated heterocycles. The van der Waals surface area contributed by atoms with Crippen LogP contribution in [0.1, 0.15) is 56.6 Å². The third-order valence-electron chi connectivity index (χ3n) is 7.41. The van der Waals surface area contributed by atoms with Gasteiger partial charge in [0.25, 0.3) is 0 Å². The Morgan fingerprint density at radius 1 is 0.854 bits per heavy atom. The summed E-state index contributed by atoms with van der Waals surface area (Å²) < 4.78 is 46.4. The monoisotopic (exact) mass is 714 g/mol. The van der Waals surface area contributed by atoms with Crippen molar-refractivity contribution in [2.75, 3.05) is 52.7 Å². The quantitative estimate of drug-likeness (QED) is 0.0546. The van der Waals surface area contributed by atoms with Crippen LogP contribution in [0.4, 0.5) is 0 Å². The zero-order valence-corrected chi connectivity index (χ0v) is 29.8. The molecule has 0 aliphatic heterocycles. The lowest BCUT2D eigenvalue weighted by Gasteiger charge is -2.36. The maximum Gasteiger partial charge on any atom is 0.339 e. The van der Waals surface area contributed by atoms with Crippen molar-refractivity contribution >= 4 is 21.0 Å². The average molecular weight is 715 g/mol. The van der Waals surface area contributed by atoms with Gasteiger partial charge < -0.3 is 38.5 Å². The highest BCUT2D eigenvalue weighted by Crippen LogP contribution is 2.39. The third kappa shape index (κ3) is 17.8. The molecule has 0 aromatic heterocycles. The van der Waals surface area contributed by atoms with E-state index in [9.17, 15) is 33.5 Å². The minimum atomic E-state index is -4.58. The number of carbonyl (C=O) groups is 1. The number of para-hydroxylation sites is 2. The van der Waals surface area contributed by atoms with Gasteiger partial charge in [-0.1, -0.05) is 55.8 Å².